The van der Waals surface area contributed by atoms with E-state index in [2.05, 4.69) is 12.2 Å². The molecule has 2 heteroatoms. The van der Waals surface area contributed by atoms with Crippen molar-refractivity contribution in [2.45, 2.75) is 25.7 Å². The van der Waals surface area contributed by atoms with Crippen LogP contribution in [0, 0.1) is 11.8 Å². The molecule has 0 aliphatic heterocycles. The van der Waals surface area contributed by atoms with Crippen LogP contribution in [0.4, 0.5) is 0 Å². The highest BCUT2D eigenvalue weighted by Crippen LogP contribution is 2.45. The molecular weight excluding hydrogens is 200 g/mol. The first kappa shape index (κ1) is 9.76. The molecule has 0 bridgehead atoms. The smallest absolute Gasteiger partial charge is 0.0962 e. The highest BCUT2D eigenvalue weighted by molar-refractivity contribution is 5.41. The number of aliphatic hydroxyl groups is 2. The zero-order valence-corrected chi connectivity index (χ0v) is 9.19. The van der Waals surface area contributed by atoms with E-state index in [0.29, 0.717) is 17.4 Å². The molecule has 84 valence electrons. The minimum Gasteiger partial charge on any atom is -0.512 e. The van der Waals surface area contributed by atoms with Crippen LogP contribution in [-0.4, -0.2) is 10.2 Å². The Morgan fingerprint density at radius 2 is 2.06 bits per heavy atom. The molecule has 0 aromatic rings. The quantitative estimate of drug-likeness (QED) is 0.650. The molecule has 3 aliphatic rings. The maximum absolute atomic E-state index is 9.90. The molecule has 0 heterocycles. The first-order valence-corrected chi connectivity index (χ1v) is 5.93. The molecule has 0 amide bonds. The van der Waals surface area contributed by atoms with Crippen molar-refractivity contribution < 1.29 is 10.2 Å². The lowest BCUT2D eigenvalue weighted by Crippen LogP contribution is -2.25. The summed E-state index contributed by atoms with van der Waals surface area (Å²) in [5.74, 6) is 1.60. The van der Waals surface area contributed by atoms with Crippen molar-refractivity contribution >= 4 is 0 Å². The summed E-state index contributed by atoms with van der Waals surface area (Å²) in [4.78, 5) is 0. The molecule has 0 saturated heterocycles. The molecule has 0 aromatic heterocycles. The average molecular weight is 216 g/mol. The average Bonchev–Trinajstić information content (AvgIpc) is 2.28. The summed E-state index contributed by atoms with van der Waals surface area (Å²) >= 11 is 0. The second-order valence-electron chi connectivity index (χ2n) is 4.85. The summed E-state index contributed by atoms with van der Waals surface area (Å²) in [6.45, 7) is 0. The van der Waals surface area contributed by atoms with Crippen LogP contribution < -0.4 is 0 Å². The van der Waals surface area contributed by atoms with E-state index in [1.165, 1.54) is 5.57 Å². The largest absolute Gasteiger partial charge is 0.512 e. The summed E-state index contributed by atoms with van der Waals surface area (Å²) < 4.78 is 0. The molecule has 1 saturated carbocycles. The lowest BCUT2D eigenvalue weighted by molar-refractivity contribution is 0.261. The van der Waals surface area contributed by atoms with E-state index < -0.39 is 0 Å². The van der Waals surface area contributed by atoms with E-state index in [1.807, 2.05) is 6.08 Å². The van der Waals surface area contributed by atoms with Crippen molar-refractivity contribution in [1.29, 1.82) is 0 Å². The van der Waals surface area contributed by atoms with Crippen molar-refractivity contribution in [2.75, 3.05) is 0 Å². The minimum atomic E-state index is 0.178. The summed E-state index contributed by atoms with van der Waals surface area (Å²) in [5.41, 5.74) is 2.38. The Balaban J connectivity index is 1.96. The van der Waals surface area contributed by atoms with Gasteiger partial charge in [0, 0.05) is 12.3 Å². The normalized spacial score (nSPS) is 32.8. The maximum Gasteiger partial charge on any atom is 0.0962 e. The van der Waals surface area contributed by atoms with Crippen LogP contribution in [0.2, 0.25) is 0 Å². The first-order chi connectivity index (χ1) is 7.75. The van der Waals surface area contributed by atoms with Gasteiger partial charge in [-0.1, -0.05) is 18.2 Å². The van der Waals surface area contributed by atoms with Gasteiger partial charge in [-0.2, -0.15) is 0 Å². The lowest BCUT2D eigenvalue weighted by Gasteiger charge is -2.35. The molecule has 1 fully saturated rings. The van der Waals surface area contributed by atoms with E-state index in [-0.39, 0.29) is 5.92 Å². The van der Waals surface area contributed by atoms with Gasteiger partial charge in [0.25, 0.3) is 0 Å². The highest BCUT2D eigenvalue weighted by Gasteiger charge is 2.34. The standard InChI is InChI=1S/C14H16O2/c15-13-5-1-3-9-7-10-4-2-6-14(16)12(10)8-11(9)13/h1,3-5,9,11,15-16H,2,6-8H2. The van der Waals surface area contributed by atoms with Crippen LogP contribution >= 0.6 is 0 Å². The van der Waals surface area contributed by atoms with Gasteiger partial charge >= 0.3 is 0 Å². The Labute approximate surface area is 95.3 Å². The molecule has 3 aliphatic carbocycles. The van der Waals surface area contributed by atoms with Crippen molar-refractivity contribution in [3.8, 4) is 0 Å². The van der Waals surface area contributed by atoms with Gasteiger partial charge in [0.2, 0.25) is 0 Å². The third-order valence-corrected chi connectivity index (χ3v) is 3.91. The van der Waals surface area contributed by atoms with Crippen LogP contribution in [0.15, 0.2) is 47.0 Å². The topological polar surface area (TPSA) is 40.5 Å². The summed E-state index contributed by atoms with van der Waals surface area (Å²) in [7, 11) is 0. The SMILES string of the molecule is OC1=CC=CC2CC3=CCCC(O)=C3CC12. The zero-order valence-electron chi connectivity index (χ0n) is 9.19. The second-order valence-corrected chi connectivity index (χ2v) is 4.85. The number of fused-ring (bicyclic) bond motifs is 2. The number of hydrogen-bond donors (Lipinski definition) is 2. The fourth-order valence-electron chi connectivity index (χ4n) is 3.01. The van der Waals surface area contributed by atoms with E-state index in [1.54, 1.807) is 6.08 Å². The van der Waals surface area contributed by atoms with E-state index in [9.17, 15) is 10.2 Å². The lowest BCUT2D eigenvalue weighted by atomic mass is 9.70. The van der Waals surface area contributed by atoms with Gasteiger partial charge in [-0.15, -0.1) is 0 Å². The van der Waals surface area contributed by atoms with Gasteiger partial charge in [-0.05, 0) is 42.4 Å². The van der Waals surface area contributed by atoms with Crippen LogP contribution in [0.1, 0.15) is 25.7 Å². The number of hydrogen-bond acceptors (Lipinski definition) is 2. The van der Waals surface area contributed by atoms with Crippen LogP contribution in [-0.2, 0) is 0 Å². The van der Waals surface area contributed by atoms with Crippen molar-refractivity contribution in [3.63, 3.8) is 0 Å². The summed E-state index contributed by atoms with van der Waals surface area (Å²) in [6.07, 6.45) is 11.6. The molecule has 0 radical (unpaired) electrons. The van der Waals surface area contributed by atoms with Gasteiger partial charge in [-0.3, -0.25) is 0 Å². The molecule has 16 heavy (non-hydrogen) atoms. The van der Waals surface area contributed by atoms with Crippen LogP contribution in [0.5, 0.6) is 0 Å². The molecule has 2 nitrogen and oxygen atoms in total. The van der Waals surface area contributed by atoms with E-state index in [4.69, 9.17) is 0 Å². The van der Waals surface area contributed by atoms with Gasteiger partial charge in [0.05, 0.1) is 11.5 Å². The minimum absolute atomic E-state index is 0.178. The summed E-state index contributed by atoms with van der Waals surface area (Å²) in [6, 6.07) is 0. The molecule has 0 aromatic carbocycles. The zero-order chi connectivity index (χ0) is 11.1. The molecule has 0 spiro atoms. The van der Waals surface area contributed by atoms with Crippen molar-refractivity contribution in [2.24, 2.45) is 11.8 Å². The predicted octanol–water partition coefficient (Wildman–Crippen LogP) is 3.56. The van der Waals surface area contributed by atoms with Gasteiger partial charge in [-0.25, -0.2) is 0 Å². The molecular formula is C14H16O2. The number of allylic oxidation sites excluding steroid dienone is 8. The third-order valence-electron chi connectivity index (χ3n) is 3.91. The highest BCUT2D eigenvalue weighted by atomic mass is 16.3. The van der Waals surface area contributed by atoms with Gasteiger partial charge in [0.1, 0.15) is 0 Å². The van der Waals surface area contributed by atoms with Crippen molar-refractivity contribution in [3.05, 3.63) is 47.0 Å². The molecule has 2 unspecified atom stereocenters. The Morgan fingerprint density at radius 1 is 1.19 bits per heavy atom. The third kappa shape index (κ3) is 1.41. The van der Waals surface area contributed by atoms with Gasteiger partial charge < -0.3 is 10.2 Å². The van der Waals surface area contributed by atoms with Crippen LogP contribution in [0.3, 0.4) is 0 Å². The summed E-state index contributed by atoms with van der Waals surface area (Å²) in [5, 5.41) is 19.8. The fraction of sp³-hybridized carbons (Fsp3) is 0.429. The molecule has 2 N–H and O–H groups in total. The molecule has 3 rings (SSSR count). The maximum atomic E-state index is 9.90. The van der Waals surface area contributed by atoms with E-state index in [0.717, 1.165) is 31.3 Å². The monoisotopic (exact) mass is 216 g/mol. The van der Waals surface area contributed by atoms with Crippen molar-refractivity contribution in [1.82, 2.24) is 0 Å². The number of rotatable bonds is 0. The Hall–Kier alpha value is -1.44. The fourth-order valence-corrected chi connectivity index (χ4v) is 3.01. The van der Waals surface area contributed by atoms with Crippen LogP contribution in [0.25, 0.3) is 0 Å². The second kappa shape index (κ2) is 3.55. The molecule has 2 atom stereocenters. The Morgan fingerprint density at radius 3 is 2.94 bits per heavy atom. The van der Waals surface area contributed by atoms with Gasteiger partial charge in [0.15, 0.2) is 0 Å². The Kier molecular flexibility index (Phi) is 2.16. The first-order valence-electron chi connectivity index (χ1n) is 5.93. The van der Waals surface area contributed by atoms with E-state index >= 15 is 0 Å². The number of aliphatic hydroxyl groups excluding tert-OH is 2. The predicted molar refractivity (Wildman–Crippen MR) is 63.0 cm³/mol. The Bertz CT molecular complexity index is 438.